The van der Waals surface area contributed by atoms with Crippen LogP contribution in [0.3, 0.4) is 0 Å². The van der Waals surface area contributed by atoms with Crippen LogP contribution in [0.1, 0.15) is 20.7 Å². The zero-order chi connectivity index (χ0) is 12.7. The van der Waals surface area contributed by atoms with E-state index in [1.807, 2.05) is 0 Å². The highest BCUT2D eigenvalue weighted by Crippen LogP contribution is 2.22. The van der Waals surface area contributed by atoms with Gasteiger partial charge in [0.05, 0.1) is 17.7 Å². The number of urea groups is 1. The third kappa shape index (κ3) is 1.52. The zero-order valence-electron chi connectivity index (χ0n) is 9.27. The number of hydrogen-bond acceptors (Lipinski definition) is 4. The van der Waals surface area contributed by atoms with Crippen molar-refractivity contribution in [3.05, 3.63) is 35.4 Å². The van der Waals surface area contributed by atoms with Gasteiger partial charge >= 0.3 is 6.03 Å². The normalized spacial score (nSPS) is 21.9. The van der Waals surface area contributed by atoms with Crippen LogP contribution in [0.4, 0.5) is 4.79 Å². The maximum atomic E-state index is 12.0. The molecule has 1 unspecified atom stereocenters. The van der Waals surface area contributed by atoms with Crippen LogP contribution in [-0.4, -0.2) is 35.5 Å². The number of hydrogen-bond donors (Lipinski definition) is 3. The number of hydrazine groups is 1. The van der Waals surface area contributed by atoms with Gasteiger partial charge in [0.1, 0.15) is 6.17 Å². The Hall–Kier alpha value is -2.41. The maximum Gasteiger partial charge on any atom is 0.330 e. The molecular weight excluding hydrogens is 236 g/mol. The highest BCUT2D eigenvalue weighted by atomic mass is 16.2. The van der Waals surface area contributed by atoms with E-state index >= 15 is 0 Å². The summed E-state index contributed by atoms with van der Waals surface area (Å²) in [5, 5.41) is 2.54. The third-order valence-electron chi connectivity index (χ3n) is 2.91. The van der Waals surface area contributed by atoms with Gasteiger partial charge in [-0.3, -0.25) is 19.9 Å². The lowest BCUT2D eigenvalue weighted by atomic mass is 10.1. The topological polar surface area (TPSA) is 90.5 Å². The molecule has 18 heavy (non-hydrogen) atoms. The fraction of sp³-hybridized carbons (Fsp3) is 0.182. The number of nitrogens with one attached hydrogen (secondary N) is 3. The van der Waals surface area contributed by atoms with Crippen molar-refractivity contribution < 1.29 is 14.4 Å². The Bertz CT molecular complexity index is 522. The van der Waals surface area contributed by atoms with Gasteiger partial charge in [-0.25, -0.2) is 10.2 Å². The quantitative estimate of drug-likeness (QED) is 0.609. The molecule has 3 rings (SSSR count). The average Bonchev–Trinajstić information content (AvgIpc) is 2.88. The highest BCUT2D eigenvalue weighted by Gasteiger charge is 2.37. The van der Waals surface area contributed by atoms with E-state index in [2.05, 4.69) is 16.2 Å². The van der Waals surface area contributed by atoms with Crippen LogP contribution in [0.5, 0.6) is 0 Å². The predicted octanol–water partition coefficient (Wildman–Crippen LogP) is -0.574. The average molecular weight is 246 g/mol. The van der Waals surface area contributed by atoms with E-state index in [1.54, 1.807) is 24.3 Å². The number of carbonyl (C=O) groups is 3. The summed E-state index contributed by atoms with van der Waals surface area (Å²) in [7, 11) is 0. The minimum atomic E-state index is -0.472. The number of benzene rings is 1. The molecule has 0 bridgehead atoms. The number of fused-ring (bicyclic) bond motifs is 1. The predicted molar refractivity (Wildman–Crippen MR) is 60.4 cm³/mol. The largest absolute Gasteiger partial charge is 0.330 e. The van der Waals surface area contributed by atoms with Gasteiger partial charge in [-0.05, 0) is 12.1 Å². The first-order valence-corrected chi connectivity index (χ1v) is 5.44. The lowest BCUT2D eigenvalue weighted by Gasteiger charge is -2.17. The van der Waals surface area contributed by atoms with E-state index < -0.39 is 6.17 Å². The summed E-state index contributed by atoms with van der Waals surface area (Å²) in [4.78, 5) is 36.1. The molecular formula is C11H10N4O3. The molecule has 7 nitrogen and oxygen atoms in total. The van der Waals surface area contributed by atoms with Crippen LogP contribution in [0.2, 0.25) is 0 Å². The molecule has 3 N–H and O–H groups in total. The van der Waals surface area contributed by atoms with Gasteiger partial charge in [-0.15, -0.1) is 0 Å². The van der Waals surface area contributed by atoms with E-state index in [-0.39, 0.29) is 24.4 Å². The summed E-state index contributed by atoms with van der Waals surface area (Å²) >= 11 is 0. The van der Waals surface area contributed by atoms with Crippen molar-refractivity contribution in [2.24, 2.45) is 0 Å². The number of carbonyl (C=O) groups excluding carboxylic acids is 3. The Morgan fingerprint density at radius 1 is 1.06 bits per heavy atom. The van der Waals surface area contributed by atoms with Gasteiger partial charge in [-0.1, -0.05) is 12.1 Å². The molecule has 0 aromatic heterocycles. The van der Waals surface area contributed by atoms with E-state index in [0.29, 0.717) is 11.1 Å². The first-order valence-electron chi connectivity index (χ1n) is 5.44. The van der Waals surface area contributed by atoms with Crippen molar-refractivity contribution in [3.8, 4) is 0 Å². The van der Waals surface area contributed by atoms with Gasteiger partial charge in [0.2, 0.25) is 0 Å². The highest BCUT2D eigenvalue weighted by molar-refractivity contribution is 6.21. The monoisotopic (exact) mass is 246 g/mol. The standard InChI is InChI=1S/C11H10N4O3/c16-9-6-3-1-2-4-7(6)10(17)15(9)5-8-12-11(18)14-13-8/h1-4,8,13H,5H2,(H2,12,14,18). The van der Waals surface area contributed by atoms with Crippen molar-refractivity contribution in [1.29, 1.82) is 0 Å². The smallest absolute Gasteiger partial charge is 0.318 e. The second-order valence-corrected chi connectivity index (χ2v) is 4.06. The Morgan fingerprint density at radius 3 is 2.17 bits per heavy atom. The molecule has 2 aliphatic rings. The van der Waals surface area contributed by atoms with E-state index in [9.17, 15) is 14.4 Å². The molecule has 0 saturated carbocycles. The molecule has 0 aliphatic carbocycles. The Kier molecular flexibility index (Phi) is 2.27. The first-order chi connectivity index (χ1) is 8.66. The van der Waals surface area contributed by atoms with E-state index in [1.165, 1.54) is 0 Å². The van der Waals surface area contributed by atoms with Gasteiger partial charge in [0, 0.05) is 0 Å². The minimum absolute atomic E-state index is 0.0884. The maximum absolute atomic E-state index is 12.0. The first kappa shape index (κ1) is 10.7. The number of imide groups is 1. The molecule has 1 fully saturated rings. The van der Waals surface area contributed by atoms with Crippen molar-refractivity contribution in [1.82, 2.24) is 21.1 Å². The van der Waals surface area contributed by atoms with Crippen LogP contribution in [0.25, 0.3) is 0 Å². The van der Waals surface area contributed by atoms with Crippen LogP contribution in [0, 0.1) is 0 Å². The molecule has 1 saturated heterocycles. The van der Waals surface area contributed by atoms with Gasteiger partial charge in [0.15, 0.2) is 0 Å². The zero-order valence-corrected chi connectivity index (χ0v) is 9.27. The lowest BCUT2D eigenvalue weighted by molar-refractivity contribution is 0.0637. The molecule has 2 aliphatic heterocycles. The van der Waals surface area contributed by atoms with Crippen LogP contribution in [-0.2, 0) is 0 Å². The van der Waals surface area contributed by atoms with Crippen LogP contribution < -0.4 is 16.2 Å². The Labute approximate surface area is 102 Å². The third-order valence-corrected chi connectivity index (χ3v) is 2.91. The SMILES string of the molecule is O=C1NNC(CN2C(=O)c3ccccc3C2=O)N1. The van der Waals surface area contributed by atoms with Crippen molar-refractivity contribution in [2.45, 2.75) is 6.17 Å². The second kappa shape index (κ2) is 3.81. The minimum Gasteiger partial charge on any atom is -0.318 e. The van der Waals surface area contributed by atoms with Crippen molar-refractivity contribution >= 4 is 17.8 Å². The summed E-state index contributed by atoms with van der Waals surface area (Å²) in [5.74, 6) is -0.669. The number of amides is 4. The second-order valence-electron chi connectivity index (χ2n) is 4.06. The molecule has 2 heterocycles. The number of rotatable bonds is 2. The molecule has 0 radical (unpaired) electrons. The summed E-state index contributed by atoms with van der Waals surface area (Å²) < 4.78 is 0. The fourth-order valence-corrected chi connectivity index (χ4v) is 2.06. The summed E-state index contributed by atoms with van der Waals surface area (Å²) in [6, 6.07) is 6.29. The molecule has 4 amide bonds. The van der Waals surface area contributed by atoms with Gasteiger partial charge in [-0.2, -0.15) is 0 Å². The Morgan fingerprint density at radius 2 is 1.67 bits per heavy atom. The molecule has 1 aromatic rings. The molecule has 7 heteroatoms. The number of nitrogens with zero attached hydrogens (tertiary/aromatic N) is 1. The lowest BCUT2D eigenvalue weighted by Crippen LogP contribution is -2.46. The van der Waals surface area contributed by atoms with Crippen molar-refractivity contribution in [2.75, 3.05) is 6.54 Å². The Balaban J connectivity index is 1.82. The van der Waals surface area contributed by atoms with E-state index in [0.717, 1.165) is 4.90 Å². The van der Waals surface area contributed by atoms with Gasteiger partial charge in [0.25, 0.3) is 11.8 Å². The summed E-state index contributed by atoms with van der Waals surface area (Å²) in [6.07, 6.45) is -0.472. The van der Waals surface area contributed by atoms with E-state index in [4.69, 9.17) is 0 Å². The molecule has 1 atom stereocenters. The van der Waals surface area contributed by atoms with Crippen LogP contribution >= 0.6 is 0 Å². The fourth-order valence-electron chi connectivity index (χ4n) is 2.06. The van der Waals surface area contributed by atoms with Crippen LogP contribution in [0.15, 0.2) is 24.3 Å². The van der Waals surface area contributed by atoms with Crippen molar-refractivity contribution in [3.63, 3.8) is 0 Å². The summed E-state index contributed by atoms with van der Waals surface area (Å²) in [6.45, 7) is 0.0884. The summed E-state index contributed by atoms with van der Waals surface area (Å²) in [5.41, 5.74) is 5.79. The van der Waals surface area contributed by atoms with Gasteiger partial charge < -0.3 is 5.32 Å². The molecule has 0 spiro atoms. The molecule has 92 valence electrons. The molecule has 1 aromatic carbocycles.